The summed E-state index contributed by atoms with van der Waals surface area (Å²) in [7, 11) is 1.62. The number of rotatable bonds is 4. The number of benzene rings is 2. The second kappa shape index (κ2) is 5.67. The molecule has 98 valence electrons. The molecule has 0 spiro atoms. The largest absolute Gasteiger partial charge is 0.497 e. The van der Waals surface area contributed by atoms with E-state index in [-0.39, 0.29) is 0 Å². The van der Waals surface area contributed by atoms with E-state index in [9.17, 15) is 4.79 Å². The number of methoxy groups -OCH3 is 1. The Morgan fingerprint density at radius 1 is 1.21 bits per heavy atom. The molecule has 2 aromatic carbocycles. The van der Waals surface area contributed by atoms with Crippen molar-refractivity contribution in [2.24, 2.45) is 5.73 Å². The van der Waals surface area contributed by atoms with Gasteiger partial charge in [-0.05, 0) is 36.4 Å². The molecule has 0 saturated carbocycles. The van der Waals surface area contributed by atoms with Crippen LogP contribution in [-0.4, -0.2) is 13.0 Å². The van der Waals surface area contributed by atoms with Crippen LogP contribution in [0.2, 0.25) is 0 Å². The Kier molecular flexibility index (Phi) is 3.97. The predicted octanol–water partition coefficient (Wildman–Crippen LogP) is 2.53. The fraction of sp³-hybridized carbons (Fsp3) is 0.0714. The van der Waals surface area contributed by atoms with Crippen molar-refractivity contribution in [1.29, 1.82) is 0 Å². The molecule has 2 aromatic rings. The van der Waals surface area contributed by atoms with Gasteiger partial charge in [0.05, 0.1) is 7.11 Å². The molecule has 0 saturated heterocycles. The molecule has 0 aliphatic heterocycles. The first-order valence-corrected chi connectivity index (χ1v) is 6.43. The van der Waals surface area contributed by atoms with Crippen LogP contribution in [0.4, 0.5) is 5.69 Å². The third-order valence-corrected chi connectivity index (χ3v) is 3.64. The maximum Gasteiger partial charge on any atom is 0.248 e. The standard InChI is InChI=1S/C14H14N2O2S/c1-18-10-3-2-4-11(8-10)19-13-6-5-9(14(16)17)7-12(13)15/h2-8H,15H2,1H3,(H2,16,17). The van der Waals surface area contributed by atoms with Crippen LogP contribution >= 0.6 is 11.8 Å². The van der Waals surface area contributed by atoms with Crippen molar-refractivity contribution in [3.8, 4) is 5.75 Å². The summed E-state index contributed by atoms with van der Waals surface area (Å²) in [6.07, 6.45) is 0. The Bertz CT molecular complexity index is 614. The average Bonchev–Trinajstić information content (AvgIpc) is 2.41. The number of hydrogen-bond donors (Lipinski definition) is 2. The molecular weight excluding hydrogens is 260 g/mol. The minimum Gasteiger partial charge on any atom is -0.497 e. The smallest absolute Gasteiger partial charge is 0.248 e. The van der Waals surface area contributed by atoms with Crippen LogP contribution in [0.15, 0.2) is 52.3 Å². The number of primary amides is 1. The van der Waals surface area contributed by atoms with E-state index in [1.807, 2.05) is 24.3 Å². The van der Waals surface area contributed by atoms with Crippen molar-refractivity contribution in [2.45, 2.75) is 9.79 Å². The highest BCUT2D eigenvalue weighted by Gasteiger charge is 2.06. The minimum absolute atomic E-state index is 0.410. The second-order valence-corrected chi connectivity index (χ2v) is 5.01. The molecule has 0 fully saturated rings. The van der Waals surface area contributed by atoms with Crippen molar-refractivity contribution in [3.63, 3.8) is 0 Å². The number of hydrogen-bond acceptors (Lipinski definition) is 4. The van der Waals surface area contributed by atoms with Crippen LogP contribution < -0.4 is 16.2 Å². The summed E-state index contributed by atoms with van der Waals surface area (Å²) in [5.41, 5.74) is 12.1. The molecule has 0 bridgehead atoms. The Morgan fingerprint density at radius 3 is 2.63 bits per heavy atom. The first-order valence-electron chi connectivity index (χ1n) is 5.61. The van der Waals surface area contributed by atoms with Gasteiger partial charge in [-0.3, -0.25) is 4.79 Å². The Hall–Kier alpha value is -2.14. The highest BCUT2D eigenvalue weighted by atomic mass is 32.2. The quantitative estimate of drug-likeness (QED) is 0.840. The number of anilines is 1. The lowest BCUT2D eigenvalue weighted by atomic mass is 10.2. The van der Waals surface area contributed by atoms with E-state index in [4.69, 9.17) is 16.2 Å². The lowest BCUT2D eigenvalue weighted by molar-refractivity contribution is 0.100. The summed E-state index contributed by atoms with van der Waals surface area (Å²) < 4.78 is 5.17. The first-order chi connectivity index (χ1) is 9.10. The summed E-state index contributed by atoms with van der Waals surface area (Å²) in [4.78, 5) is 12.9. The normalized spacial score (nSPS) is 10.2. The second-order valence-electron chi connectivity index (χ2n) is 3.90. The van der Waals surface area contributed by atoms with Crippen LogP contribution in [0.3, 0.4) is 0 Å². The summed E-state index contributed by atoms with van der Waals surface area (Å²) in [6, 6.07) is 12.7. The fourth-order valence-corrected chi connectivity index (χ4v) is 2.47. The number of carbonyl (C=O) groups is 1. The Balaban J connectivity index is 2.25. The molecule has 0 unspecified atom stereocenters. The predicted molar refractivity (Wildman–Crippen MR) is 76.5 cm³/mol. The van der Waals surface area contributed by atoms with E-state index in [1.54, 1.807) is 25.3 Å². The number of nitrogens with two attached hydrogens (primary N) is 2. The molecule has 4 N–H and O–H groups in total. The zero-order valence-corrected chi connectivity index (χ0v) is 11.2. The van der Waals surface area contributed by atoms with E-state index in [1.165, 1.54) is 11.8 Å². The van der Waals surface area contributed by atoms with E-state index in [0.29, 0.717) is 11.3 Å². The Labute approximate surface area is 115 Å². The van der Waals surface area contributed by atoms with Crippen molar-refractivity contribution in [1.82, 2.24) is 0 Å². The van der Waals surface area contributed by atoms with Gasteiger partial charge in [-0.15, -0.1) is 0 Å². The third-order valence-electron chi connectivity index (χ3n) is 2.56. The van der Waals surface area contributed by atoms with Gasteiger partial charge in [-0.2, -0.15) is 0 Å². The highest BCUT2D eigenvalue weighted by Crippen LogP contribution is 2.33. The van der Waals surface area contributed by atoms with Crippen molar-refractivity contribution < 1.29 is 9.53 Å². The lowest BCUT2D eigenvalue weighted by Gasteiger charge is -2.08. The van der Waals surface area contributed by atoms with Crippen LogP contribution in [0.1, 0.15) is 10.4 Å². The molecule has 2 rings (SSSR count). The third kappa shape index (κ3) is 3.20. The minimum atomic E-state index is -0.482. The molecule has 0 aliphatic carbocycles. The topological polar surface area (TPSA) is 78.3 Å². The van der Waals surface area contributed by atoms with Crippen LogP contribution in [0, 0.1) is 0 Å². The Morgan fingerprint density at radius 2 is 2.00 bits per heavy atom. The van der Waals surface area contributed by atoms with Gasteiger partial charge in [0.2, 0.25) is 5.91 Å². The molecule has 19 heavy (non-hydrogen) atoms. The number of ether oxygens (including phenoxy) is 1. The summed E-state index contributed by atoms with van der Waals surface area (Å²) in [6.45, 7) is 0. The average molecular weight is 274 g/mol. The SMILES string of the molecule is COc1cccc(Sc2ccc(C(N)=O)cc2N)c1. The molecule has 0 heterocycles. The van der Waals surface area contributed by atoms with Crippen molar-refractivity contribution in [2.75, 3.05) is 12.8 Å². The molecule has 4 nitrogen and oxygen atoms in total. The molecule has 0 aliphatic rings. The van der Waals surface area contributed by atoms with Crippen LogP contribution in [-0.2, 0) is 0 Å². The van der Waals surface area contributed by atoms with Gasteiger partial charge in [0, 0.05) is 21.0 Å². The van der Waals surface area contributed by atoms with Gasteiger partial charge >= 0.3 is 0 Å². The van der Waals surface area contributed by atoms with Gasteiger partial charge in [-0.1, -0.05) is 17.8 Å². The van der Waals surface area contributed by atoms with Crippen molar-refractivity contribution in [3.05, 3.63) is 48.0 Å². The van der Waals surface area contributed by atoms with Gasteiger partial charge in [0.15, 0.2) is 0 Å². The maximum absolute atomic E-state index is 11.0. The fourth-order valence-electron chi connectivity index (χ4n) is 1.59. The molecular formula is C14H14N2O2S. The number of carbonyl (C=O) groups excluding carboxylic acids is 1. The maximum atomic E-state index is 11.0. The van der Waals surface area contributed by atoms with E-state index in [2.05, 4.69) is 0 Å². The van der Waals surface area contributed by atoms with Gasteiger partial charge in [-0.25, -0.2) is 0 Å². The summed E-state index contributed by atoms with van der Waals surface area (Å²) >= 11 is 1.51. The van der Waals surface area contributed by atoms with Crippen molar-refractivity contribution >= 4 is 23.4 Å². The van der Waals surface area contributed by atoms with Crippen LogP contribution in [0.25, 0.3) is 0 Å². The molecule has 0 radical (unpaired) electrons. The van der Waals surface area contributed by atoms with E-state index < -0.39 is 5.91 Å². The monoisotopic (exact) mass is 274 g/mol. The van der Waals surface area contributed by atoms with Gasteiger partial charge in [0.25, 0.3) is 0 Å². The van der Waals surface area contributed by atoms with Gasteiger partial charge in [0.1, 0.15) is 5.75 Å². The summed E-state index contributed by atoms with van der Waals surface area (Å²) in [5.74, 6) is 0.307. The number of amides is 1. The molecule has 1 amide bonds. The molecule has 0 aromatic heterocycles. The summed E-state index contributed by atoms with van der Waals surface area (Å²) in [5, 5.41) is 0. The first kappa shape index (κ1) is 13.3. The van der Waals surface area contributed by atoms with Crippen LogP contribution in [0.5, 0.6) is 5.75 Å². The number of nitrogen functional groups attached to an aromatic ring is 1. The highest BCUT2D eigenvalue weighted by molar-refractivity contribution is 7.99. The van der Waals surface area contributed by atoms with E-state index >= 15 is 0 Å². The lowest BCUT2D eigenvalue weighted by Crippen LogP contribution is -2.11. The molecule has 0 atom stereocenters. The van der Waals surface area contributed by atoms with Gasteiger partial charge < -0.3 is 16.2 Å². The zero-order chi connectivity index (χ0) is 13.8. The van der Waals surface area contributed by atoms with E-state index in [0.717, 1.165) is 15.5 Å². The molecule has 5 heteroatoms. The zero-order valence-electron chi connectivity index (χ0n) is 10.4.